The van der Waals surface area contributed by atoms with Crippen molar-refractivity contribution in [3.8, 4) is 0 Å². The molecule has 18 heavy (non-hydrogen) atoms. The highest BCUT2D eigenvalue weighted by Crippen LogP contribution is 2.09. The van der Waals surface area contributed by atoms with Gasteiger partial charge in [-0.2, -0.15) is 5.10 Å². The predicted octanol–water partition coefficient (Wildman–Crippen LogP) is 2.84. The van der Waals surface area contributed by atoms with E-state index in [-0.39, 0.29) is 0 Å². The Hall–Kier alpha value is -1.68. The molecule has 0 radical (unpaired) electrons. The van der Waals surface area contributed by atoms with E-state index in [1.54, 1.807) is 0 Å². The maximum absolute atomic E-state index is 5.80. The molecule has 0 saturated heterocycles. The monoisotopic (exact) mass is 262 g/mol. The molecule has 1 heterocycles. The molecule has 5 heteroatoms. The van der Waals surface area contributed by atoms with Crippen LogP contribution in [0.25, 0.3) is 0 Å². The van der Waals surface area contributed by atoms with Crippen molar-refractivity contribution in [3.05, 3.63) is 46.8 Å². The molecule has 4 nitrogen and oxygen atoms in total. The molecule has 0 fully saturated rings. The van der Waals surface area contributed by atoms with Crippen molar-refractivity contribution >= 4 is 17.5 Å². The zero-order valence-electron chi connectivity index (χ0n) is 10.4. The van der Waals surface area contributed by atoms with Gasteiger partial charge in [0.2, 0.25) is 5.95 Å². The van der Waals surface area contributed by atoms with Crippen LogP contribution in [0.2, 0.25) is 0 Å². The number of nitrogens with zero attached hydrogens (tertiary/aromatic N) is 3. The summed E-state index contributed by atoms with van der Waals surface area (Å²) in [7, 11) is 0. The average molecular weight is 263 g/mol. The fourth-order valence-corrected chi connectivity index (χ4v) is 1.70. The topological polar surface area (TPSA) is 50.7 Å². The second kappa shape index (κ2) is 5.78. The van der Waals surface area contributed by atoms with Crippen molar-refractivity contribution in [3.63, 3.8) is 0 Å². The largest absolute Gasteiger partial charge is 0.349 e. The lowest BCUT2D eigenvalue weighted by Crippen LogP contribution is -2.07. The number of anilines is 1. The van der Waals surface area contributed by atoms with Gasteiger partial charge in [0.25, 0.3) is 0 Å². The van der Waals surface area contributed by atoms with Gasteiger partial charge in [-0.1, -0.05) is 24.3 Å². The summed E-state index contributed by atoms with van der Waals surface area (Å²) >= 11 is 5.80. The maximum Gasteiger partial charge on any atom is 0.243 e. The van der Waals surface area contributed by atoms with Crippen LogP contribution in [-0.4, -0.2) is 15.2 Å². The molecule has 2 aromatic rings. The number of hydrogen-bond acceptors (Lipinski definition) is 4. The second-order valence-electron chi connectivity index (χ2n) is 4.11. The number of benzene rings is 1. The van der Waals surface area contributed by atoms with Crippen LogP contribution in [-0.2, 0) is 12.4 Å². The van der Waals surface area contributed by atoms with E-state index in [9.17, 15) is 0 Å². The van der Waals surface area contributed by atoms with Gasteiger partial charge in [-0.15, -0.1) is 16.7 Å². The summed E-state index contributed by atoms with van der Waals surface area (Å²) in [5, 5.41) is 11.2. The van der Waals surface area contributed by atoms with Gasteiger partial charge in [-0.05, 0) is 25.0 Å². The molecule has 0 aliphatic carbocycles. The first-order valence-electron chi connectivity index (χ1n) is 5.74. The van der Waals surface area contributed by atoms with E-state index in [2.05, 4.69) is 26.6 Å². The minimum absolute atomic E-state index is 0.523. The van der Waals surface area contributed by atoms with Gasteiger partial charge in [0.15, 0.2) is 0 Å². The molecular weight excluding hydrogens is 248 g/mol. The lowest BCUT2D eigenvalue weighted by molar-refractivity contribution is 0.885. The molecular formula is C13H15ClN4. The normalized spacial score (nSPS) is 10.4. The Kier molecular flexibility index (Phi) is 4.10. The number of alkyl halides is 1. The van der Waals surface area contributed by atoms with Crippen molar-refractivity contribution < 1.29 is 0 Å². The molecule has 94 valence electrons. The van der Waals surface area contributed by atoms with Crippen molar-refractivity contribution in [1.82, 2.24) is 15.2 Å². The van der Waals surface area contributed by atoms with Gasteiger partial charge in [0, 0.05) is 12.4 Å². The molecule has 0 saturated carbocycles. The molecule has 1 aromatic carbocycles. The number of halogens is 1. The summed E-state index contributed by atoms with van der Waals surface area (Å²) in [6.45, 7) is 4.47. The van der Waals surface area contributed by atoms with Crippen molar-refractivity contribution in [1.29, 1.82) is 0 Å². The number of nitrogens with one attached hydrogen (secondary N) is 1. The summed E-state index contributed by atoms with van der Waals surface area (Å²) in [5.74, 6) is 1.07. The summed E-state index contributed by atoms with van der Waals surface area (Å²) in [6, 6.07) is 8.10. The number of aromatic nitrogens is 3. The lowest BCUT2D eigenvalue weighted by Gasteiger charge is -2.06. The van der Waals surface area contributed by atoms with Gasteiger partial charge in [0.05, 0.1) is 11.4 Å². The van der Waals surface area contributed by atoms with E-state index in [0.717, 1.165) is 22.5 Å². The smallest absolute Gasteiger partial charge is 0.243 e. The van der Waals surface area contributed by atoms with E-state index >= 15 is 0 Å². The molecule has 0 spiro atoms. The van der Waals surface area contributed by atoms with Crippen LogP contribution in [0.4, 0.5) is 5.95 Å². The third-order valence-electron chi connectivity index (χ3n) is 2.69. The minimum Gasteiger partial charge on any atom is -0.349 e. The molecule has 0 bridgehead atoms. The van der Waals surface area contributed by atoms with Crippen molar-refractivity contribution in [2.24, 2.45) is 0 Å². The van der Waals surface area contributed by atoms with E-state index in [4.69, 9.17) is 11.6 Å². The Morgan fingerprint density at radius 1 is 1.11 bits per heavy atom. The van der Waals surface area contributed by atoms with Crippen LogP contribution in [0, 0.1) is 13.8 Å². The summed E-state index contributed by atoms with van der Waals surface area (Å²) < 4.78 is 0. The molecule has 0 aliphatic heterocycles. The molecule has 1 N–H and O–H groups in total. The zero-order chi connectivity index (χ0) is 13.0. The van der Waals surface area contributed by atoms with Crippen molar-refractivity contribution in [2.75, 3.05) is 5.32 Å². The van der Waals surface area contributed by atoms with E-state index in [1.165, 1.54) is 0 Å². The predicted molar refractivity (Wildman–Crippen MR) is 72.6 cm³/mol. The molecule has 2 rings (SSSR count). The van der Waals surface area contributed by atoms with Crippen LogP contribution in [0.15, 0.2) is 24.3 Å². The van der Waals surface area contributed by atoms with Gasteiger partial charge < -0.3 is 5.32 Å². The second-order valence-corrected chi connectivity index (χ2v) is 4.38. The summed E-state index contributed by atoms with van der Waals surface area (Å²) in [6.07, 6.45) is 0. The van der Waals surface area contributed by atoms with Gasteiger partial charge >= 0.3 is 0 Å². The molecule has 1 aromatic heterocycles. The SMILES string of the molecule is Cc1nnc(NCc2cccc(CCl)c2)nc1C. The quantitative estimate of drug-likeness (QED) is 0.861. The summed E-state index contributed by atoms with van der Waals surface area (Å²) in [5.41, 5.74) is 4.00. The Labute approximate surface area is 111 Å². The average Bonchev–Trinajstić information content (AvgIpc) is 2.40. The highest BCUT2D eigenvalue weighted by molar-refractivity contribution is 6.17. The number of rotatable bonds is 4. The minimum atomic E-state index is 0.523. The van der Waals surface area contributed by atoms with Crippen LogP contribution in [0.5, 0.6) is 0 Å². The Morgan fingerprint density at radius 3 is 2.61 bits per heavy atom. The summed E-state index contributed by atoms with van der Waals surface area (Å²) in [4.78, 5) is 4.32. The number of hydrogen-bond donors (Lipinski definition) is 1. The molecule has 0 aliphatic rings. The fraction of sp³-hybridized carbons (Fsp3) is 0.308. The van der Waals surface area contributed by atoms with Crippen LogP contribution in [0.3, 0.4) is 0 Å². The third kappa shape index (κ3) is 3.17. The van der Waals surface area contributed by atoms with Gasteiger partial charge in [-0.3, -0.25) is 0 Å². The van der Waals surface area contributed by atoms with Crippen molar-refractivity contribution in [2.45, 2.75) is 26.3 Å². The van der Waals surface area contributed by atoms with E-state index in [0.29, 0.717) is 18.4 Å². The zero-order valence-corrected chi connectivity index (χ0v) is 11.2. The number of aryl methyl sites for hydroxylation is 2. The molecule has 0 atom stereocenters. The van der Waals surface area contributed by atoms with Gasteiger partial charge in [0.1, 0.15) is 0 Å². The first kappa shape index (κ1) is 12.8. The highest BCUT2D eigenvalue weighted by atomic mass is 35.5. The van der Waals surface area contributed by atoms with E-state index in [1.807, 2.05) is 32.0 Å². The molecule has 0 amide bonds. The maximum atomic E-state index is 5.80. The Bertz CT molecular complexity index is 542. The highest BCUT2D eigenvalue weighted by Gasteiger charge is 2.01. The van der Waals surface area contributed by atoms with Crippen LogP contribution in [0.1, 0.15) is 22.5 Å². The molecule has 0 unspecified atom stereocenters. The van der Waals surface area contributed by atoms with Crippen LogP contribution < -0.4 is 5.32 Å². The van der Waals surface area contributed by atoms with Gasteiger partial charge in [-0.25, -0.2) is 4.98 Å². The third-order valence-corrected chi connectivity index (χ3v) is 3.00. The fourth-order valence-electron chi connectivity index (χ4n) is 1.54. The van der Waals surface area contributed by atoms with Crippen LogP contribution >= 0.6 is 11.6 Å². The van der Waals surface area contributed by atoms with E-state index < -0.39 is 0 Å². The first-order chi connectivity index (χ1) is 8.69. The standard InChI is InChI=1S/C13H15ClN4/c1-9-10(2)17-18-13(16-9)15-8-12-5-3-4-11(6-12)7-14/h3-6H,7-8H2,1-2H3,(H,15,16,18). The Morgan fingerprint density at radius 2 is 1.89 bits per heavy atom. The Balaban J connectivity index is 2.04. The first-order valence-corrected chi connectivity index (χ1v) is 6.28. The lowest BCUT2D eigenvalue weighted by atomic mass is 10.1.